The molecule has 0 N–H and O–H groups in total. The van der Waals surface area contributed by atoms with Gasteiger partial charge in [0, 0.05) is 5.56 Å². The van der Waals surface area contributed by atoms with Gasteiger partial charge in [0.1, 0.15) is 11.9 Å². The number of halogens is 2. The van der Waals surface area contributed by atoms with Crippen LogP contribution in [0.15, 0.2) is 6.20 Å². The van der Waals surface area contributed by atoms with Gasteiger partial charge >= 0.3 is 0 Å². The van der Waals surface area contributed by atoms with Crippen LogP contribution in [-0.2, 0) is 0 Å². The van der Waals surface area contributed by atoms with E-state index in [1.807, 2.05) is 0 Å². The van der Waals surface area contributed by atoms with Crippen LogP contribution >= 0.6 is 0 Å². The second kappa shape index (κ2) is 3.65. The van der Waals surface area contributed by atoms with Gasteiger partial charge in [-0.05, 0) is 19.4 Å². The summed E-state index contributed by atoms with van der Waals surface area (Å²) in [6.45, 7) is 2.83. The summed E-state index contributed by atoms with van der Waals surface area (Å²) >= 11 is 0. The van der Waals surface area contributed by atoms with Gasteiger partial charge in [0.25, 0.3) is 12.1 Å². The first kappa shape index (κ1) is 10.5. The lowest BCUT2D eigenvalue weighted by Gasteiger charge is -2.06. The SMILES string of the molecule is Cc1c([N+](=O)[O-])cnc(C(F)F)c1C. The highest BCUT2D eigenvalue weighted by atomic mass is 19.3. The molecule has 1 aromatic heterocycles. The van der Waals surface area contributed by atoms with Crippen molar-refractivity contribution in [3.05, 3.63) is 33.1 Å². The third kappa shape index (κ3) is 1.68. The van der Waals surface area contributed by atoms with E-state index >= 15 is 0 Å². The number of hydrogen-bond donors (Lipinski definition) is 0. The first-order valence-electron chi connectivity index (χ1n) is 3.83. The van der Waals surface area contributed by atoms with E-state index in [1.165, 1.54) is 13.8 Å². The van der Waals surface area contributed by atoms with Gasteiger partial charge in [-0.15, -0.1) is 0 Å². The van der Waals surface area contributed by atoms with Crippen LogP contribution in [0.2, 0.25) is 0 Å². The lowest BCUT2D eigenvalue weighted by atomic mass is 10.1. The highest BCUT2D eigenvalue weighted by molar-refractivity contribution is 5.44. The number of alkyl halides is 2. The summed E-state index contributed by atoms with van der Waals surface area (Å²) in [5.74, 6) is 0. The molecule has 0 unspecified atom stereocenters. The third-order valence-corrected chi connectivity index (χ3v) is 2.06. The molecule has 14 heavy (non-hydrogen) atoms. The molecule has 0 spiro atoms. The highest BCUT2D eigenvalue weighted by Crippen LogP contribution is 2.27. The lowest BCUT2D eigenvalue weighted by Crippen LogP contribution is -2.01. The molecule has 0 saturated heterocycles. The van der Waals surface area contributed by atoms with E-state index in [9.17, 15) is 18.9 Å². The summed E-state index contributed by atoms with van der Waals surface area (Å²) in [6, 6.07) is 0. The van der Waals surface area contributed by atoms with Crippen molar-refractivity contribution in [2.75, 3.05) is 0 Å². The van der Waals surface area contributed by atoms with Crippen molar-refractivity contribution in [1.29, 1.82) is 0 Å². The Bertz CT molecular complexity index is 380. The summed E-state index contributed by atoms with van der Waals surface area (Å²) in [4.78, 5) is 13.2. The maximum Gasteiger partial charge on any atom is 0.290 e. The van der Waals surface area contributed by atoms with Crippen molar-refractivity contribution in [3.63, 3.8) is 0 Å². The molecule has 1 rings (SSSR count). The van der Waals surface area contributed by atoms with Gasteiger partial charge < -0.3 is 0 Å². The van der Waals surface area contributed by atoms with Gasteiger partial charge in [0.05, 0.1) is 4.92 Å². The second-order valence-electron chi connectivity index (χ2n) is 2.84. The maximum atomic E-state index is 12.3. The molecule has 0 aliphatic rings. The molecule has 1 heterocycles. The summed E-state index contributed by atoms with van der Waals surface area (Å²) < 4.78 is 24.6. The Morgan fingerprint density at radius 3 is 2.43 bits per heavy atom. The molecule has 0 aliphatic carbocycles. The summed E-state index contributed by atoms with van der Waals surface area (Å²) in [5, 5.41) is 10.4. The molecular formula is C8H8F2N2O2. The van der Waals surface area contributed by atoms with E-state index in [-0.39, 0.29) is 16.8 Å². The third-order valence-electron chi connectivity index (χ3n) is 2.06. The molecule has 6 heteroatoms. The lowest BCUT2D eigenvalue weighted by molar-refractivity contribution is -0.385. The molecule has 0 atom stereocenters. The summed E-state index contributed by atoms with van der Waals surface area (Å²) in [6.07, 6.45) is -1.83. The van der Waals surface area contributed by atoms with Gasteiger partial charge in [0.2, 0.25) is 0 Å². The van der Waals surface area contributed by atoms with Crippen LogP contribution in [0.1, 0.15) is 23.2 Å². The molecule has 0 amide bonds. The largest absolute Gasteiger partial charge is 0.290 e. The summed E-state index contributed by atoms with van der Waals surface area (Å²) in [5.41, 5.74) is -0.213. The minimum atomic E-state index is -2.70. The van der Waals surface area contributed by atoms with Crippen LogP contribution in [0.3, 0.4) is 0 Å². The van der Waals surface area contributed by atoms with Gasteiger partial charge in [-0.1, -0.05) is 0 Å². The molecule has 0 fully saturated rings. The van der Waals surface area contributed by atoms with Crippen molar-refractivity contribution >= 4 is 5.69 Å². The van der Waals surface area contributed by atoms with Crippen LogP contribution in [0.5, 0.6) is 0 Å². The number of nitro groups is 1. The van der Waals surface area contributed by atoms with Gasteiger partial charge in [-0.3, -0.25) is 10.1 Å². The fourth-order valence-corrected chi connectivity index (χ4v) is 1.11. The van der Waals surface area contributed by atoms with Crippen LogP contribution in [0, 0.1) is 24.0 Å². The monoisotopic (exact) mass is 202 g/mol. The standard InChI is InChI=1S/C8H8F2N2O2/c1-4-5(2)7(8(9)10)11-3-6(4)12(13)14/h3,8H,1-2H3. The van der Waals surface area contributed by atoms with Gasteiger partial charge in [-0.25, -0.2) is 13.8 Å². The van der Waals surface area contributed by atoms with Crippen molar-refractivity contribution in [1.82, 2.24) is 4.98 Å². The highest BCUT2D eigenvalue weighted by Gasteiger charge is 2.20. The smallest absolute Gasteiger partial charge is 0.258 e. The average molecular weight is 202 g/mol. The minimum Gasteiger partial charge on any atom is -0.258 e. The maximum absolute atomic E-state index is 12.3. The number of pyridine rings is 1. The molecule has 4 nitrogen and oxygen atoms in total. The molecule has 76 valence electrons. The predicted molar refractivity (Wildman–Crippen MR) is 45.3 cm³/mol. The zero-order valence-electron chi connectivity index (χ0n) is 7.62. The molecule has 0 aliphatic heterocycles. The number of aromatic nitrogens is 1. The zero-order valence-corrected chi connectivity index (χ0v) is 7.62. The predicted octanol–water partition coefficient (Wildman–Crippen LogP) is 2.54. The van der Waals surface area contributed by atoms with Crippen molar-refractivity contribution in [2.45, 2.75) is 20.3 Å². The molecule has 1 aromatic rings. The topological polar surface area (TPSA) is 56.0 Å². The average Bonchev–Trinajstić information content (AvgIpc) is 2.08. The molecule has 0 saturated carbocycles. The molecular weight excluding hydrogens is 194 g/mol. The number of nitrogens with zero attached hydrogens (tertiary/aromatic N) is 2. The van der Waals surface area contributed by atoms with E-state index < -0.39 is 17.0 Å². The Morgan fingerprint density at radius 1 is 1.43 bits per heavy atom. The van der Waals surface area contributed by atoms with Crippen LogP contribution < -0.4 is 0 Å². The van der Waals surface area contributed by atoms with Crippen LogP contribution in [0.4, 0.5) is 14.5 Å². The first-order chi connectivity index (χ1) is 6.45. The Labute approximate surface area is 78.7 Å². The number of hydrogen-bond acceptors (Lipinski definition) is 3. The Balaban J connectivity index is 3.33. The minimum absolute atomic E-state index is 0.175. The normalized spacial score (nSPS) is 10.6. The van der Waals surface area contributed by atoms with Gasteiger partial charge in [-0.2, -0.15) is 0 Å². The first-order valence-corrected chi connectivity index (χ1v) is 3.83. The Hall–Kier alpha value is -1.59. The van der Waals surface area contributed by atoms with Crippen LogP contribution in [-0.4, -0.2) is 9.91 Å². The Morgan fingerprint density at radius 2 is 2.00 bits per heavy atom. The van der Waals surface area contributed by atoms with E-state index in [1.54, 1.807) is 0 Å². The molecule has 0 aromatic carbocycles. The fourth-order valence-electron chi connectivity index (χ4n) is 1.11. The van der Waals surface area contributed by atoms with E-state index in [4.69, 9.17) is 0 Å². The second-order valence-corrected chi connectivity index (χ2v) is 2.84. The summed E-state index contributed by atoms with van der Waals surface area (Å²) in [7, 11) is 0. The van der Waals surface area contributed by atoms with Crippen molar-refractivity contribution in [3.8, 4) is 0 Å². The van der Waals surface area contributed by atoms with Crippen molar-refractivity contribution < 1.29 is 13.7 Å². The fraction of sp³-hybridized carbons (Fsp3) is 0.375. The number of rotatable bonds is 2. The van der Waals surface area contributed by atoms with Crippen molar-refractivity contribution in [2.24, 2.45) is 0 Å². The zero-order chi connectivity index (χ0) is 10.9. The molecule has 0 bridgehead atoms. The van der Waals surface area contributed by atoms with E-state index in [0.29, 0.717) is 0 Å². The molecule has 0 radical (unpaired) electrons. The Kier molecular flexibility index (Phi) is 2.73. The van der Waals surface area contributed by atoms with E-state index in [0.717, 1.165) is 6.20 Å². The van der Waals surface area contributed by atoms with Crippen LogP contribution in [0.25, 0.3) is 0 Å². The van der Waals surface area contributed by atoms with Gasteiger partial charge in [0.15, 0.2) is 0 Å². The quantitative estimate of drug-likeness (QED) is 0.547. The van der Waals surface area contributed by atoms with E-state index in [2.05, 4.69) is 4.98 Å².